The fourth-order valence-electron chi connectivity index (χ4n) is 4.28. The van der Waals surface area contributed by atoms with Crippen molar-refractivity contribution < 1.29 is 13.9 Å². The Balaban J connectivity index is 1.51. The average Bonchev–Trinajstić information content (AvgIpc) is 3.18. The van der Waals surface area contributed by atoms with Crippen LogP contribution < -0.4 is 9.47 Å². The standard InChI is InChI=1S/C28H29FN2O2S/c1-28(2,3)20-8-11-22-23(15-30)27(34-26(22)14-20)31-16-19-7-12-24(25(13-19)32-4)33-17-18-5-9-21(29)10-6-18/h5-7,9-10,12-13,16,20H,8,11,14,17H2,1-4H3/t20-/m1/s1. The largest absolute Gasteiger partial charge is 0.493 e. The van der Waals surface area contributed by atoms with Crippen molar-refractivity contribution in [3.8, 4) is 17.6 Å². The molecule has 4 nitrogen and oxygen atoms in total. The summed E-state index contributed by atoms with van der Waals surface area (Å²) >= 11 is 1.64. The molecule has 1 aliphatic carbocycles. The molecule has 1 aromatic heterocycles. The number of fused-ring (bicyclic) bond motifs is 1. The predicted octanol–water partition coefficient (Wildman–Crippen LogP) is 7.25. The normalized spacial score (nSPS) is 15.7. The number of thiophene rings is 1. The lowest BCUT2D eigenvalue weighted by atomic mass is 9.72. The molecule has 0 amide bonds. The summed E-state index contributed by atoms with van der Waals surface area (Å²) in [6, 6.07) is 14.2. The maximum atomic E-state index is 13.1. The van der Waals surface area contributed by atoms with Crippen LogP contribution in [0.25, 0.3) is 0 Å². The van der Waals surface area contributed by atoms with Crippen LogP contribution in [0.3, 0.4) is 0 Å². The Labute approximate surface area is 204 Å². The smallest absolute Gasteiger partial charge is 0.161 e. The molecule has 0 spiro atoms. The summed E-state index contributed by atoms with van der Waals surface area (Å²) in [5.74, 6) is 1.53. The highest BCUT2D eigenvalue weighted by Crippen LogP contribution is 2.45. The van der Waals surface area contributed by atoms with Crippen molar-refractivity contribution in [1.29, 1.82) is 5.26 Å². The highest BCUT2D eigenvalue weighted by Gasteiger charge is 2.32. The zero-order valence-electron chi connectivity index (χ0n) is 20.0. The second kappa shape index (κ2) is 9.99. The van der Waals surface area contributed by atoms with Gasteiger partial charge in [0.05, 0.1) is 12.7 Å². The zero-order chi connectivity index (χ0) is 24.3. The van der Waals surface area contributed by atoms with Gasteiger partial charge in [-0.05, 0) is 77.6 Å². The van der Waals surface area contributed by atoms with Gasteiger partial charge in [-0.3, -0.25) is 0 Å². The Morgan fingerprint density at radius 2 is 1.94 bits per heavy atom. The van der Waals surface area contributed by atoms with Gasteiger partial charge in [0.15, 0.2) is 11.5 Å². The molecule has 4 rings (SSSR count). The van der Waals surface area contributed by atoms with Gasteiger partial charge >= 0.3 is 0 Å². The van der Waals surface area contributed by atoms with Gasteiger partial charge in [-0.15, -0.1) is 11.3 Å². The van der Waals surface area contributed by atoms with E-state index in [0.29, 0.717) is 24.0 Å². The highest BCUT2D eigenvalue weighted by atomic mass is 32.1. The van der Waals surface area contributed by atoms with Crippen LogP contribution in [0.2, 0.25) is 0 Å². The van der Waals surface area contributed by atoms with Gasteiger partial charge in [0.1, 0.15) is 23.5 Å². The number of rotatable bonds is 6. The molecule has 0 radical (unpaired) electrons. The van der Waals surface area contributed by atoms with Gasteiger partial charge in [-0.25, -0.2) is 9.38 Å². The van der Waals surface area contributed by atoms with Crippen molar-refractivity contribution in [2.45, 2.75) is 46.6 Å². The van der Waals surface area contributed by atoms with Gasteiger partial charge in [0.25, 0.3) is 0 Å². The zero-order valence-corrected chi connectivity index (χ0v) is 20.8. The second-order valence-corrected chi connectivity index (χ2v) is 10.8. The summed E-state index contributed by atoms with van der Waals surface area (Å²) in [6.45, 7) is 7.19. The number of hydrogen-bond donors (Lipinski definition) is 0. The summed E-state index contributed by atoms with van der Waals surface area (Å²) in [7, 11) is 1.59. The number of hydrogen-bond acceptors (Lipinski definition) is 5. The van der Waals surface area contributed by atoms with Crippen molar-refractivity contribution in [2.75, 3.05) is 7.11 Å². The Morgan fingerprint density at radius 3 is 2.62 bits per heavy atom. The molecule has 1 heterocycles. The van der Waals surface area contributed by atoms with E-state index >= 15 is 0 Å². The van der Waals surface area contributed by atoms with Crippen LogP contribution in [-0.4, -0.2) is 13.3 Å². The van der Waals surface area contributed by atoms with Gasteiger partial charge in [-0.1, -0.05) is 32.9 Å². The van der Waals surface area contributed by atoms with Crippen LogP contribution in [0.15, 0.2) is 47.5 Å². The molecule has 0 unspecified atom stereocenters. The predicted molar refractivity (Wildman–Crippen MR) is 135 cm³/mol. The van der Waals surface area contributed by atoms with E-state index in [0.717, 1.165) is 41.0 Å². The SMILES string of the molecule is COc1cc(C=Nc2sc3c(c2C#N)CC[C@@H](C(C)(C)C)C3)ccc1OCc1ccc(F)cc1. The fourth-order valence-corrected chi connectivity index (χ4v) is 5.50. The van der Waals surface area contributed by atoms with Gasteiger partial charge in [0, 0.05) is 11.1 Å². The van der Waals surface area contributed by atoms with Crippen LogP contribution in [-0.2, 0) is 19.4 Å². The molecule has 176 valence electrons. The Morgan fingerprint density at radius 1 is 1.18 bits per heavy atom. The van der Waals surface area contributed by atoms with E-state index in [4.69, 9.17) is 9.47 Å². The maximum Gasteiger partial charge on any atom is 0.161 e. The first-order valence-electron chi connectivity index (χ1n) is 11.4. The Bertz CT molecular complexity index is 1230. The first-order chi connectivity index (χ1) is 16.3. The molecule has 3 aromatic rings. The maximum absolute atomic E-state index is 13.1. The van der Waals surface area contributed by atoms with Crippen molar-refractivity contribution in [3.05, 3.63) is 75.4 Å². The second-order valence-electron chi connectivity index (χ2n) is 9.69. The van der Waals surface area contributed by atoms with Crippen molar-refractivity contribution in [3.63, 3.8) is 0 Å². The van der Waals surface area contributed by atoms with Crippen LogP contribution >= 0.6 is 11.3 Å². The molecule has 0 fully saturated rings. The summed E-state index contributed by atoms with van der Waals surface area (Å²) < 4.78 is 24.5. The van der Waals surface area contributed by atoms with Gasteiger partial charge < -0.3 is 9.47 Å². The molecule has 0 N–H and O–H groups in total. The van der Waals surface area contributed by atoms with Crippen LogP contribution in [0, 0.1) is 28.5 Å². The Kier molecular flexibility index (Phi) is 7.04. The van der Waals surface area contributed by atoms with E-state index in [1.165, 1.54) is 22.6 Å². The number of nitriles is 1. The quantitative estimate of drug-likeness (QED) is 0.352. The molecule has 1 atom stereocenters. The van der Waals surface area contributed by atoms with E-state index < -0.39 is 0 Å². The summed E-state index contributed by atoms with van der Waals surface area (Å²) in [5.41, 5.74) is 3.88. The van der Waals surface area contributed by atoms with Crippen molar-refractivity contribution >= 4 is 22.6 Å². The topological polar surface area (TPSA) is 54.6 Å². The fraction of sp³-hybridized carbons (Fsp3) is 0.357. The Hall–Kier alpha value is -3.17. The third-order valence-electron chi connectivity index (χ3n) is 6.41. The van der Waals surface area contributed by atoms with Crippen molar-refractivity contribution in [1.82, 2.24) is 0 Å². The first-order valence-corrected chi connectivity index (χ1v) is 12.2. The summed E-state index contributed by atoms with van der Waals surface area (Å²) in [6.07, 6.45) is 4.84. The molecule has 1 aliphatic rings. The number of benzene rings is 2. The number of nitrogens with zero attached hydrogens (tertiary/aromatic N) is 2. The van der Waals surface area contributed by atoms with Crippen LogP contribution in [0.1, 0.15) is 54.3 Å². The molecule has 34 heavy (non-hydrogen) atoms. The van der Waals surface area contributed by atoms with Crippen molar-refractivity contribution in [2.24, 2.45) is 16.3 Å². The molecule has 0 saturated carbocycles. The number of methoxy groups -OCH3 is 1. The average molecular weight is 477 g/mol. The molecule has 0 aliphatic heterocycles. The third-order valence-corrected chi connectivity index (χ3v) is 7.57. The molecule has 2 aromatic carbocycles. The monoisotopic (exact) mass is 476 g/mol. The molecule has 6 heteroatoms. The van der Waals surface area contributed by atoms with Crippen LogP contribution in [0.4, 0.5) is 9.39 Å². The molecular weight excluding hydrogens is 447 g/mol. The molecular formula is C28H29FN2O2S. The minimum Gasteiger partial charge on any atom is -0.493 e. The first kappa shape index (κ1) is 24.0. The van der Waals surface area contributed by atoms with E-state index in [9.17, 15) is 9.65 Å². The van der Waals surface area contributed by atoms with E-state index in [2.05, 4.69) is 31.8 Å². The highest BCUT2D eigenvalue weighted by molar-refractivity contribution is 7.16. The van der Waals surface area contributed by atoms with Gasteiger partial charge in [0.2, 0.25) is 0 Å². The van der Waals surface area contributed by atoms with E-state index in [-0.39, 0.29) is 11.2 Å². The number of ether oxygens (including phenoxy) is 2. The number of halogens is 1. The molecule has 0 bridgehead atoms. The van der Waals surface area contributed by atoms with Crippen LogP contribution in [0.5, 0.6) is 11.5 Å². The van der Waals surface area contributed by atoms with Gasteiger partial charge in [-0.2, -0.15) is 5.26 Å². The molecule has 0 saturated heterocycles. The summed E-state index contributed by atoms with van der Waals surface area (Å²) in [5, 5.41) is 10.6. The van der Waals surface area contributed by atoms with E-state index in [1.54, 1.807) is 36.8 Å². The number of aliphatic imine (C=N–C) groups is 1. The lowest BCUT2D eigenvalue weighted by Crippen LogP contribution is -2.26. The lowest BCUT2D eigenvalue weighted by molar-refractivity contribution is 0.218. The van der Waals surface area contributed by atoms with E-state index in [1.807, 2.05) is 18.2 Å². The summed E-state index contributed by atoms with van der Waals surface area (Å²) in [4.78, 5) is 5.99. The minimum atomic E-state index is -0.273. The lowest BCUT2D eigenvalue weighted by Gasteiger charge is -2.33. The third kappa shape index (κ3) is 5.31. The minimum absolute atomic E-state index is 0.259.